The first-order chi connectivity index (χ1) is 10.3. The predicted octanol–water partition coefficient (Wildman–Crippen LogP) is 2.02. The third-order valence-electron chi connectivity index (χ3n) is 3.36. The average molecular weight is 317 g/mol. The number of nitrogens with zero attached hydrogens (tertiary/aromatic N) is 1. The van der Waals surface area contributed by atoms with E-state index in [0.717, 1.165) is 17.0 Å². The van der Waals surface area contributed by atoms with Crippen LogP contribution in [0.3, 0.4) is 0 Å². The summed E-state index contributed by atoms with van der Waals surface area (Å²) >= 11 is 0. The fourth-order valence-corrected chi connectivity index (χ4v) is 2.36. The number of benzene rings is 1. The number of morpholine rings is 1. The second kappa shape index (κ2) is 6.35. The fourth-order valence-electron chi connectivity index (χ4n) is 2.36. The maximum absolute atomic E-state index is 13.0. The number of rotatable bonds is 3. The van der Waals surface area contributed by atoms with Gasteiger partial charge in [0.25, 0.3) is 5.91 Å². The van der Waals surface area contributed by atoms with Gasteiger partial charge in [0.05, 0.1) is 36.8 Å². The Hall–Kier alpha value is -2.09. The minimum atomic E-state index is -4.65. The molecule has 5 nitrogen and oxygen atoms in total. The summed E-state index contributed by atoms with van der Waals surface area (Å²) in [5.74, 6) is -1.97. The van der Waals surface area contributed by atoms with E-state index < -0.39 is 35.2 Å². The van der Waals surface area contributed by atoms with Crippen LogP contribution in [0, 0.1) is 0 Å². The van der Waals surface area contributed by atoms with Crippen LogP contribution in [0.5, 0.6) is 0 Å². The van der Waals surface area contributed by atoms with Gasteiger partial charge in [0, 0.05) is 6.54 Å². The van der Waals surface area contributed by atoms with Crippen LogP contribution in [-0.4, -0.2) is 47.7 Å². The Morgan fingerprint density at radius 2 is 2.00 bits per heavy atom. The van der Waals surface area contributed by atoms with Crippen molar-refractivity contribution in [1.29, 1.82) is 0 Å². The number of aliphatic carboxylic acids is 1. The van der Waals surface area contributed by atoms with E-state index >= 15 is 0 Å². The van der Waals surface area contributed by atoms with Gasteiger partial charge in [-0.25, -0.2) is 0 Å². The molecule has 22 heavy (non-hydrogen) atoms. The summed E-state index contributed by atoms with van der Waals surface area (Å²) in [7, 11) is 0. The molecule has 1 N–H and O–H groups in total. The molecule has 1 fully saturated rings. The van der Waals surface area contributed by atoms with Gasteiger partial charge < -0.3 is 14.7 Å². The Balaban J connectivity index is 2.32. The van der Waals surface area contributed by atoms with Crippen molar-refractivity contribution in [3.05, 3.63) is 35.4 Å². The molecular formula is C14H14F3NO4. The van der Waals surface area contributed by atoms with Gasteiger partial charge >= 0.3 is 12.1 Å². The lowest BCUT2D eigenvalue weighted by Crippen LogP contribution is -2.49. The van der Waals surface area contributed by atoms with Gasteiger partial charge in [-0.1, -0.05) is 12.1 Å². The number of carbonyl (C=O) groups excluding carboxylic acids is 1. The minimum Gasteiger partial charge on any atom is -0.481 e. The Morgan fingerprint density at radius 3 is 2.64 bits per heavy atom. The third-order valence-corrected chi connectivity index (χ3v) is 3.36. The number of hydrogen-bond acceptors (Lipinski definition) is 3. The molecule has 1 aliphatic heterocycles. The molecule has 0 spiro atoms. The first-order valence-corrected chi connectivity index (χ1v) is 6.57. The van der Waals surface area contributed by atoms with Gasteiger partial charge in [-0.2, -0.15) is 13.2 Å². The van der Waals surface area contributed by atoms with E-state index in [2.05, 4.69) is 0 Å². The number of amides is 1. The van der Waals surface area contributed by atoms with E-state index in [-0.39, 0.29) is 26.2 Å². The number of alkyl halides is 3. The van der Waals surface area contributed by atoms with Crippen LogP contribution in [0.1, 0.15) is 22.3 Å². The summed E-state index contributed by atoms with van der Waals surface area (Å²) in [5.41, 5.74) is -1.51. The van der Waals surface area contributed by atoms with Crippen molar-refractivity contribution < 1.29 is 32.6 Å². The smallest absolute Gasteiger partial charge is 0.417 e. The van der Waals surface area contributed by atoms with Gasteiger partial charge in [-0.3, -0.25) is 9.59 Å². The zero-order valence-electron chi connectivity index (χ0n) is 11.5. The molecule has 0 aromatic heterocycles. The van der Waals surface area contributed by atoms with E-state index in [1.165, 1.54) is 12.1 Å². The fraction of sp³-hybridized carbons (Fsp3) is 0.429. The van der Waals surface area contributed by atoms with E-state index in [0.29, 0.717) is 0 Å². The van der Waals surface area contributed by atoms with Crippen LogP contribution in [0.15, 0.2) is 24.3 Å². The number of hydrogen-bond donors (Lipinski definition) is 1. The molecule has 1 amide bonds. The molecule has 0 aliphatic carbocycles. The zero-order chi connectivity index (χ0) is 16.3. The van der Waals surface area contributed by atoms with E-state index in [1.807, 2.05) is 0 Å². The highest BCUT2D eigenvalue weighted by Crippen LogP contribution is 2.32. The second-order valence-electron chi connectivity index (χ2n) is 4.87. The van der Waals surface area contributed by atoms with E-state index in [1.54, 1.807) is 0 Å². The molecule has 0 saturated carbocycles. The molecule has 1 aliphatic rings. The van der Waals surface area contributed by atoms with Gasteiger partial charge in [0.2, 0.25) is 0 Å². The maximum Gasteiger partial charge on any atom is 0.417 e. The summed E-state index contributed by atoms with van der Waals surface area (Å²) < 4.78 is 44.1. The highest BCUT2D eigenvalue weighted by atomic mass is 19.4. The first-order valence-electron chi connectivity index (χ1n) is 6.57. The van der Waals surface area contributed by atoms with Crippen LogP contribution >= 0.6 is 0 Å². The Kier molecular flexibility index (Phi) is 4.70. The van der Waals surface area contributed by atoms with Gasteiger partial charge in [-0.15, -0.1) is 0 Å². The zero-order valence-corrected chi connectivity index (χ0v) is 11.5. The molecule has 120 valence electrons. The third kappa shape index (κ3) is 3.56. The van der Waals surface area contributed by atoms with Crippen molar-refractivity contribution in [2.75, 3.05) is 19.8 Å². The maximum atomic E-state index is 13.0. The molecule has 2 rings (SSSR count). The van der Waals surface area contributed by atoms with Gasteiger partial charge in [0.15, 0.2) is 0 Å². The summed E-state index contributed by atoms with van der Waals surface area (Å²) in [6.45, 7) is 0.214. The first kappa shape index (κ1) is 16.3. The van der Waals surface area contributed by atoms with Crippen molar-refractivity contribution in [1.82, 2.24) is 4.90 Å². The molecule has 1 aromatic rings. The standard InChI is InChI=1S/C14H14F3NO4/c15-14(16,17)11-4-2-1-3-10(11)13(21)18-5-6-22-8-9(18)7-12(19)20/h1-4,9H,5-8H2,(H,19,20)/t9-/m1/s1. The highest BCUT2D eigenvalue weighted by molar-refractivity contribution is 5.96. The monoisotopic (exact) mass is 317 g/mol. The average Bonchev–Trinajstić information content (AvgIpc) is 2.45. The normalized spacial score (nSPS) is 19.0. The van der Waals surface area contributed by atoms with Crippen molar-refractivity contribution in [3.8, 4) is 0 Å². The van der Waals surface area contributed by atoms with Crippen LogP contribution in [-0.2, 0) is 15.7 Å². The van der Waals surface area contributed by atoms with Crippen LogP contribution in [0.4, 0.5) is 13.2 Å². The Bertz CT molecular complexity index is 573. The number of halogens is 3. The Morgan fingerprint density at radius 1 is 1.32 bits per heavy atom. The molecule has 8 heteroatoms. The van der Waals surface area contributed by atoms with Crippen molar-refractivity contribution in [3.63, 3.8) is 0 Å². The molecule has 1 atom stereocenters. The second-order valence-corrected chi connectivity index (χ2v) is 4.87. The number of carboxylic acid groups (broad SMARTS) is 1. The van der Waals surface area contributed by atoms with Crippen molar-refractivity contribution >= 4 is 11.9 Å². The Labute approximate surface area is 124 Å². The summed E-state index contributed by atoms with van der Waals surface area (Å²) in [6, 6.07) is 3.70. The highest BCUT2D eigenvalue weighted by Gasteiger charge is 2.38. The predicted molar refractivity (Wildman–Crippen MR) is 69.3 cm³/mol. The lowest BCUT2D eigenvalue weighted by molar-refractivity contribution is -0.140. The largest absolute Gasteiger partial charge is 0.481 e. The number of ether oxygens (including phenoxy) is 1. The molecule has 0 unspecified atom stereocenters. The molecular weight excluding hydrogens is 303 g/mol. The van der Waals surface area contributed by atoms with Gasteiger partial charge in [0.1, 0.15) is 0 Å². The van der Waals surface area contributed by atoms with Crippen LogP contribution in [0.25, 0.3) is 0 Å². The van der Waals surface area contributed by atoms with Gasteiger partial charge in [-0.05, 0) is 12.1 Å². The molecule has 1 aromatic carbocycles. The lowest BCUT2D eigenvalue weighted by atomic mass is 10.0. The summed E-state index contributed by atoms with van der Waals surface area (Å²) in [4.78, 5) is 24.4. The number of carbonyl (C=O) groups is 2. The summed E-state index contributed by atoms with van der Waals surface area (Å²) in [5, 5.41) is 8.85. The van der Waals surface area contributed by atoms with Crippen molar-refractivity contribution in [2.24, 2.45) is 0 Å². The molecule has 1 saturated heterocycles. The molecule has 0 radical (unpaired) electrons. The van der Waals surface area contributed by atoms with Crippen molar-refractivity contribution in [2.45, 2.75) is 18.6 Å². The SMILES string of the molecule is O=C(O)C[C@@H]1COCCN1C(=O)c1ccccc1C(F)(F)F. The van der Waals surface area contributed by atoms with Crippen LogP contribution < -0.4 is 0 Å². The molecule has 1 heterocycles. The minimum absolute atomic E-state index is 0.00771. The molecule has 0 bridgehead atoms. The van der Waals surface area contributed by atoms with E-state index in [4.69, 9.17) is 9.84 Å². The number of carboxylic acids is 1. The quantitative estimate of drug-likeness (QED) is 0.926. The van der Waals surface area contributed by atoms with E-state index in [9.17, 15) is 22.8 Å². The summed E-state index contributed by atoms with van der Waals surface area (Å²) in [6.07, 6.45) is -5.03. The topological polar surface area (TPSA) is 66.8 Å². The lowest BCUT2D eigenvalue weighted by Gasteiger charge is -2.35. The van der Waals surface area contributed by atoms with Crippen LogP contribution in [0.2, 0.25) is 0 Å².